The first kappa shape index (κ1) is 16.3. The highest BCUT2D eigenvalue weighted by atomic mass is 32.2. The summed E-state index contributed by atoms with van der Waals surface area (Å²) >= 11 is 7.07. The van der Waals surface area contributed by atoms with Crippen LogP contribution in [0.15, 0.2) is 30.3 Å². The highest BCUT2D eigenvalue weighted by molar-refractivity contribution is 8.00. The Kier molecular flexibility index (Phi) is 5.65. The van der Waals surface area contributed by atoms with Gasteiger partial charge in [0.25, 0.3) is 0 Å². The minimum absolute atomic E-state index is 0.0744. The first-order valence-corrected chi connectivity index (χ1v) is 8.60. The van der Waals surface area contributed by atoms with E-state index in [4.69, 9.17) is 18.0 Å². The number of carbonyl (C=O) groups excluding carboxylic acids is 1. The standard InChI is InChI=1S/C16H22N2OS2/c1-11-9-18(10-12(2)21-11)16(19)14(15(17)20)8-13-6-4-3-5-7-13/h3-7,11-12,14H,8-10H2,1-2H3,(H2,17,20). The van der Waals surface area contributed by atoms with Gasteiger partial charge in [0.05, 0.1) is 10.9 Å². The second-order valence-corrected chi connectivity index (χ2v) is 8.00. The zero-order chi connectivity index (χ0) is 15.4. The molecule has 114 valence electrons. The van der Waals surface area contributed by atoms with E-state index in [0.717, 1.165) is 18.7 Å². The smallest absolute Gasteiger partial charge is 0.232 e. The number of benzene rings is 1. The lowest BCUT2D eigenvalue weighted by molar-refractivity contribution is -0.133. The van der Waals surface area contributed by atoms with Crippen molar-refractivity contribution in [2.24, 2.45) is 11.7 Å². The molecule has 1 amide bonds. The molecule has 21 heavy (non-hydrogen) atoms. The Hall–Kier alpha value is -1.07. The van der Waals surface area contributed by atoms with E-state index in [9.17, 15) is 4.79 Å². The van der Waals surface area contributed by atoms with Gasteiger partial charge in [0.1, 0.15) is 0 Å². The second kappa shape index (κ2) is 7.27. The normalized spacial score (nSPS) is 23.6. The van der Waals surface area contributed by atoms with Crippen LogP contribution in [0.3, 0.4) is 0 Å². The highest BCUT2D eigenvalue weighted by Gasteiger charge is 2.31. The number of amides is 1. The first-order valence-electron chi connectivity index (χ1n) is 7.25. The summed E-state index contributed by atoms with van der Waals surface area (Å²) in [5, 5.41) is 0.919. The van der Waals surface area contributed by atoms with Gasteiger partial charge in [0.2, 0.25) is 5.91 Å². The number of nitrogens with two attached hydrogens (primary N) is 1. The molecule has 0 aliphatic carbocycles. The van der Waals surface area contributed by atoms with Crippen LogP contribution in [0, 0.1) is 5.92 Å². The Balaban J connectivity index is 2.10. The van der Waals surface area contributed by atoms with Crippen molar-refractivity contribution in [3.8, 4) is 0 Å². The number of hydrogen-bond donors (Lipinski definition) is 1. The summed E-state index contributed by atoms with van der Waals surface area (Å²) in [5.74, 6) is -0.324. The monoisotopic (exact) mass is 322 g/mol. The Morgan fingerprint density at radius 2 is 1.90 bits per heavy atom. The average molecular weight is 322 g/mol. The van der Waals surface area contributed by atoms with Crippen LogP contribution in [0.1, 0.15) is 19.4 Å². The van der Waals surface area contributed by atoms with Crippen LogP contribution in [0.5, 0.6) is 0 Å². The fraction of sp³-hybridized carbons (Fsp3) is 0.500. The van der Waals surface area contributed by atoms with E-state index < -0.39 is 5.92 Å². The third-order valence-electron chi connectivity index (χ3n) is 3.66. The van der Waals surface area contributed by atoms with Crippen molar-refractivity contribution in [2.45, 2.75) is 30.8 Å². The number of thiocarbonyl (C=S) groups is 1. The van der Waals surface area contributed by atoms with Crippen LogP contribution in [-0.2, 0) is 11.2 Å². The quantitative estimate of drug-likeness (QED) is 0.865. The molecule has 1 aromatic carbocycles. The molecule has 3 nitrogen and oxygen atoms in total. The van der Waals surface area contributed by atoms with Gasteiger partial charge in [0, 0.05) is 23.6 Å². The van der Waals surface area contributed by atoms with Gasteiger partial charge in [-0.25, -0.2) is 0 Å². The largest absolute Gasteiger partial charge is 0.393 e. The van der Waals surface area contributed by atoms with E-state index in [0.29, 0.717) is 21.9 Å². The third-order valence-corrected chi connectivity index (χ3v) is 5.17. The number of rotatable bonds is 4. The summed E-state index contributed by atoms with van der Waals surface area (Å²) in [6, 6.07) is 9.92. The molecule has 1 aliphatic rings. The maximum absolute atomic E-state index is 12.8. The average Bonchev–Trinajstić information content (AvgIpc) is 2.44. The number of carbonyl (C=O) groups is 1. The van der Waals surface area contributed by atoms with Crippen molar-refractivity contribution in [3.05, 3.63) is 35.9 Å². The van der Waals surface area contributed by atoms with Gasteiger partial charge < -0.3 is 10.6 Å². The number of nitrogens with zero attached hydrogens (tertiary/aromatic N) is 1. The maximum Gasteiger partial charge on any atom is 0.232 e. The molecule has 5 heteroatoms. The lowest BCUT2D eigenvalue weighted by Gasteiger charge is -2.36. The topological polar surface area (TPSA) is 46.3 Å². The van der Waals surface area contributed by atoms with Crippen LogP contribution in [0.4, 0.5) is 0 Å². The third kappa shape index (κ3) is 4.45. The fourth-order valence-corrected chi connectivity index (χ4v) is 4.25. The molecule has 0 spiro atoms. The molecule has 2 rings (SSSR count). The predicted octanol–water partition coefficient (Wildman–Crippen LogP) is 2.48. The van der Waals surface area contributed by atoms with Crippen LogP contribution >= 0.6 is 24.0 Å². The highest BCUT2D eigenvalue weighted by Crippen LogP contribution is 2.26. The van der Waals surface area contributed by atoms with Gasteiger partial charge in [-0.15, -0.1) is 0 Å². The summed E-state index contributed by atoms with van der Waals surface area (Å²) in [6.07, 6.45) is 0.585. The van der Waals surface area contributed by atoms with E-state index in [2.05, 4.69) is 13.8 Å². The molecule has 1 heterocycles. The van der Waals surface area contributed by atoms with Crippen molar-refractivity contribution in [1.82, 2.24) is 4.90 Å². The van der Waals surface area contributed by atoms with E-state index >= 15 is 0 Å². The van der Waals surface area contributed by atoms with Gasteiger partial charge >= 0.3 is 0 Å². The Bertz CT molecular complexity index is 496. The number of thioether (sulfide) groups is 1. The van der Waals surface area contributed by atoms with Gasteiger partial charge in [0.15, 0.2) is 0 Å². The zero-order valence-electron chi connectivity index (χ0n) is 12.5. The van der Waals surface area contributed by atoms with Gasteiger partial charge in [-0.3, -0.25) is 4.79 Å². The molecule has 1 aromatic rings. The van der Waals surface area contributed by atoms with Crippen molar-refractivity contribution in [2.75, 3.05) is 13.1 Å². The summed E-state index contributed by atoms with van der Waals surface area (Å²) in [5.41, 5.74) is 6.93. The molecule has 2 N–H and O–H groups in total. The molecule has 0 saturated carbocycles. The van der Waals surface area contributed by atoms with Gasteiger partial charge in [-0.05, 0) is 12.0 Å². The van der Waals surface area contributed by atoms with E-state index in [1.54, 1.807) is 0 Å². The SMILES string of the molecule is CC1CN(C(=O)C(Cc2ccccc2)C(N)=S)CC(C)S1. The van der Waals surface area contributed by atoms with Crippen LogP contribution in [0.25, 0.3) is 0 Å². The Labute approximate surface area is 136 Å². The molecule has 0 aromatic heterocycles. The van der Waals surface area contributed by atoms with Crippen molar-refractivity contribution < 1.29 is 4.79 Å². The zero-order valence-corrected chi connectivity index (χ0v) is 14.1. The minimum Gasteiger partial charge on any atom is -0.393 e. The molecule has 0 bridgehead atoms. The fourth-order valence-electron chi connectivity index (χ4n) is 2.74. The molecule has 0 radical (unpaired) electrons. The van der Waals surface area contributed by atoms with Crippen molar-refractivity contribution >= 4 is 34.9 Å². The molecule has 1 aliphatic heterocycles. The number of hydrogen-bond acceptors (Lipinski definition) is 3. The van der Waals surface area contributed by atoms with Crippen LogP contribution in [0.2, 0.25) is 0 Å². The minimum atomic E-state index is -0.398. The van der Waals surface area contributed by atoms with Crippen LogP contribution < -0.4 is 5.73 Å². The van der Waals surface area contributed by atoms with E-state index in [1.165, 1.54) is 0 Å². The Morgan fingerprint density at radius 3 is 2.43 bits per heavy atom. The molecule has 1 fully saturated rings. The van der Waals surface area contributed by atoms with Gasteiger partial charge in [-0.2, -0.15) is 11.8 Å². The van der Waals surface area contributed by atoms with Gasteiger partial charge in [-0.1, -0.05) is 56.4 Å². The van der Waals surface area contributed by atoms with Crippen molar-refractivity contribution in [1.29, 1.82) is 0 Å². The summed E-state index contributed by atoms with van der Waals surface area (Å²) in [6.45, 7) is 5.88. The Morgan fingerprint density at radius 1 is 1.33 bits per heavy atom. The second-order valence-electron chi connectivity index (χ2n) is 5.65. The van der Waals surface area contributed by atoms with E-state index in [1.807, 2.05) is 47.0 Å². The molecule has 3 atom stereocenters. The molecular formula is C16H22N2OS2. The first-order chi connectivity index (χ1) is 9.97. The van der Waals surface area contributed by atoms with E-state index in [-0.39, 0.29) is 5.91 Å². The summed E-state index contributed by atoms with van der Waals surface area (Å²) in [7, 11) is 0. The summed E-state index contributed by atoms with van der Waals surface area (Å²) < 4.78 is 0. The summed E-state index contributed by atoms with van der Waals surface area (Å²) in [4.78, 5) is 15.0. The lowest BCUT2D eigenvalue weighted by Crippen LogP contribution is -2.49. The molecule has 1 saturated heterocycles. The molecular weight excluding hydrogens is 300 g/mol. The lowest BCUT2D eigenvalue weighted by atomic mass is 9.97. The van der Waals surface area contributed by atoms with Crippen LogP contribution in [-0.4, -0.2) is 39.4 Å². The van der Waals surface area contributed by atoms with Crippen molar-refractivity contribution in [3.63, 3.8) is 0 Å². The maximum atomic E-state index is 12.8. The molecule has 3 unspecified atom stereocenters. The predicted molar refractivity (Wildman–Crippen MR) is 93.5 cm³/mol.